The van der Waals surface area contributed by atoms with Crippen LogP contribution in [0.3, 0.4) is 0 Å². The van der Waals surface area contributed by atoms with Crippen molar-refractivity contribution in [2.45, 2.75) is 6.04 Å². The van der Waals surface area contributed by atoms with Gasteiger partial charge in [-0.05, 0) is 11.4 Å². The number of nitrogens with zero attached hydrogens (tertiary/aromatic N) is 2. The van der Waals surface area contributed by atoms with Gasteiger partial charge in [-0.15, -0.1) is 11.3 Å². The maximum Gasteiger partial charge on any atom is 0.123 e. The van der Waals surface area contributed by atoms with Crippen molar-refractivity contribution in [3.05, 3.63) is 34.7 Å². The Kier molecular flexibility index (Phi) is 3.03. The van der Waals surface area contributed by atoms with Gasteiger partial charge < -0.3 is 11.1 Å². The van der Waals surface area contributed by atoms with Crippen molar-refractivity contribution in [3.8, 4) is 0 Å². The van der Waals surface area contributed by atoms with Gasteiger partial charge in [0.25, 0.3) is 0 Å². The lowest BCUT2D eigenvalue weighted by Gasteiger charge is -2.11. The van der Waals surface area contributed by atoms with E-state index in [4.69, 9.17) is 5.73 Å². The Morgan fingerprint density at radius 1 is 1.60 bits per heavy atom. The zero-order chi connectivity index (χ0) is 10.7. The average Bonchev–Trinajstić information content (AvgIpc) is 2.85. The van der Waals surface area contributed by atoms with E-state index in [1.54, 1.807) is 22.2 Å². The molecule has 0 spiro atoms. The fourth-order valence-electron chi connectivity index (χ4n) is 1.36. The second-order valence-corrected chi connectivity index (χ2v) is 4.32. The summed E-state index contributed by atoms with van der Waals surface area (Å²) in [5, 5.41) is 9.38. The molecule has 0 aliphatic heterocycles. The van der Waals surface area contributed by atoms with Crippen molar-refractivity contribution >= 4 is 17.2 Å². The largest absolute Gasteiger partial charge is 0.368 e. The fourth-order valence-corrected chi connectivity index (χ4v) is 2.09. The molecule has 3 N–H and O–H groups in total. The average molecular weight is 222 g/mol. The van der Waals surface area contributed by atoms with Gasteiger partial charge in [0.15, 0.2) is 0 Å². The summed E-state index contributed by atoms with van der Waals surface area (Å²) in [4.78, 5) is 1.20. The number of aryl methyl sites for hydroxylation is 1. The number of hydrogen-bond acceptors (Lipinski definition) is 4. The van der Waals surface area contributed by atoms with Crippen LogP contribution in [0.25, 0.3) is 0 Å². The van der Waals surface area contributed by atoms with E-state index in [0.29, 0.717) is 0 Å². The van der Waals surface area contributed by atoms with Crippen LogP contribution in [-0.2, 0) is 7.05 Å². The van der Waals surface area contributed by atoms with Gasteiger partial charge in [-0.1, -0.05) is 6.07 Å². The highest BCUT2D eigenvalue weighted by molar-refractivity contribution is 7.10. The molecule has 0 aromatic carbocycles. The third kappa shape index (κ3) is 2.37. The zero-order valence-electron chi connectivity index (χ0n) is 8.55. The monoisotopic (exact) mass is 222 g/mol. The summed E-state index contributed by atoms with van der Waals surface area (Å²) in [7, 11) is 1.90. The molecule has 0 aliphatic rings. The molecule has 1 unspecified atom stereocenters. The Labute approximate surface area is 92.7 Å². The van der Waals surface area contributed by atoms with Crippen molar-refractivity contribution < 1.29 is 0 Å². The molecule has 5 heteroatoms. The lowest BCUT2D eigenvalue weighted by Crippen LogP contribution is -2.20. The van der Waals surface area contributed by atoms with E-state index in [-0.39, 0.29) is 6.04 Å². The predicted molar refractivity (Wildman–Crippen MR) is 62.9 cm³/mol. The van der Waals surface area contributed by atoms with Gasteiger partial charge >= 0.3 is 0 Å². The molecule has 2 heterocycles. The number of nitrogens with two attached hydrogens (primary N) is 1. The molecule has 2 aromatic rings. The summed E-state index contributed by atoms with van der Waals surface area (Å²) in [5.74, 6) is 0.988. The lowest BCUT2D eigenvalue weighted by molar-refractivity contribution is 0.738. The molecule has 0 fully saturated rings. The molecule has 0 saturated heterocycles. The summed E-state index contributed by atoms with van der Waals surface area (Å²) < 4.78 is 1.79. The van der Waals surface area contributed by atoms with Crippen LogP contribution in [0.2, 0.25) is 0 Å². The summed E-state index contributed by atoms with van der Waals surface area (Å²) >= 11 is 1.68. The number of anilines is 1. The SMILES string of the molecule is Cn1nccc1NCC(N)c1cccs1. The quantitative estimate of drug-likeness (QED) is 0.826. The Morgan fingerprint density at radius 2 is 2.47 bits per heavy atom. The molecule has 4 nitrogen and oxygen atoms in total. The first-order valence-corrected chi connectivity index (χ1v) is 5.66. The van der Waals surface area contributed by atoms with E-state index in [9.17, 15) is 0 Å². The summed E-state index contributed by atoms with van der Waals surface area (Å²) in [5.41, 5.74) is 6.02. The first-order chi connectivity index (χ1) is 7.27. The highest BCUT2D eigenvalue weighted by Crippen LogP contribution is 2.17. The zero-order valence-corrected chi connectivity index (χ0v) is 9.37. The molecule has 2 rings (SSSR count). The van der Waals surface area contributed by atoms with Gasteiger partial charge in [0.1, 0.15) is 5.82 Å². The molecule has 2 aromatic heterocycles. The van der Waals surface area contributed by atoms with Crippen LogP contribution >= 0.6 is 11.3 Å². The number of thiophene rings is 1. The Hall–Kier alpha value is -1.33. The number of hydrogen-bond donors (Lipinski definition) is 2. The second kappa shape index (κ2) is 4.46. The topological polar surface area (TPSA) is 55.9 Å². The molecule has 80 valence electrons. The first-order valence-electron chi connectivity index (χ1n) is 4.78. The second-order valence-electron chi connectivity index (χ2n) is 3.34. The van der Waals surface area contributed by atoms with Gasteiger partial charge in [-0.2, -0.15) is 5.10 Å². The maximum absolute atomic E-state index is 6.02. The highest BCUT2D eigenvalue weighted by atomic mass is 32.1. The van der Waals surface area contributed by atoms with Crippen LogP contribution in [-0.4, -0.2) is 16.3 Å². The molecule has 0 saturated carbocycles. The summed E-state index contributed by atoms with van der Waals surface area (Å²) in [6, 6.07) is 6.05. The van der Waals surface area contributed by atoms with Gasteiger partial charge in [0.05, 0.1) is 12.2 Å². The number of nitrogens with one attached hydrogen (secondary N) is 1. The van der Waals surface area contributed by atoms with Gasteiger partial charge in [0, 0.05) is 24.5 Å². The molecule has 1 atom stereocenters. The first kappa shape index (κ1) is 10.2. The molecular weight excluding hydrogens is 208 g/mol. The molecular formula is C10H14N4S. The van der Waals surface area contributed by atoms with E-state index in [1.807, 2.05) is 24.6 Å². The highest BCUT2D eigenvalue weighted by Gasteiger charge is 2.07. The summed E-state index contributed by atoms with van der Waals surface area (Å²) in [6.45, 7) is 0.722. The third-order valence-electron chi connectivity index (χ3n) is 2.23. The van der Waals surface area contributed by atoms with Crippen molar-refractivity contribution in [2.75, 3.05) is 11.9 Å². The van der Waals surface area contributed by atoms with E-state index >= 15 is 0 Å². The number of aromatic nitrogens is 2. The number of rotatable bonds is 4. The standard InChI is InChI=1S/C10H14N4S/c1-14-10(4-5-13-14)12-7-8(11)9-3-2-6-15-9/h2-6,8,12H,7,11H2,1H3. The van der Waals surface area contributed by atoms with Crippen molar-refractivity contribution in [1.29, 1.82) is 0 Å². The Bertz CT molecular complexity index is 407. The van der Waals surface area contributed by atoms with Crippen molar-refractivity contribution in [2.24, 2.45) is 12.8 Å². The van der Waals surface area contributed by atoms with E-state index in [2.05, 4.69) is 16.5 Å². The van der Waals surface area contributed by atoms with Gasteiger partial charge in [0.2, 0.25) is 0 Å². The van der Waals surface area contributed by atoms with Crippen LogP contribution in [0.4, 0.5) is 5.82 Å². The van der Waals surface area contributed by atoms with Crippen molar-refractivity contribution in [1.82, 2.24) is 9.78 Å². The molecule has 0 radical (unpaired) electrons. The maximum atomic E-state index is 6.02. The Balaban J connectivity index is 1.91. The minimum atomic E-state index is 0.0416. The van der Waals surface area contributed by atoms with Crippen LogP contribution in [0, 0.1) is 0 Å². The molecule has 0 amide bonds. The third-order valence-corrected chi connectivity index (χ3v) is 3.24. The van der Waals surface area contributed by atoms with Crippen LogP contribution in [0.1, 0.15) is 10.9 Å². The predicted octanol–water partition coefficient (Wildman–Crippen LogP) is 1.59. The van der Waals surface area contributed by atoms with Crippen molar-refractivity contribution in [3.63, 3.8) is 0 Å². The van der Waals surface area contributed by atoms with Gasteiger partial charge in [-0.25, -0.2) is 0 Å². The fraction of sp³-hybridized carbons (Fsp3) is 0.300. The van der Waals surface area contributed by atoms with Gasteiger partial charge in [-0.3, -0.25) is 4.68 Å². The molecule has 15 heavy (non-hydrogen) atoms. The summed E-state index contributed by atoms with van der Waals surface area (Å²) in [6.07, 6.45) is 1.76. The van der Waals surface area contributed by atoms with Crippen LogP contribution in [0.5, 0.6) is 0 Å². The molecule has 0 bridgehead atoms. The van der Waals surface area contributed by atoms with E-state index < -0.39 is 0 Å². The minimum Gasteiger partial charge on any atom is -0.368 e. The van der Waals surface area contributed by atoms with E-state index in [1.165, 1.54) is 4.88 Å². The van der Waals surface area contributed by atoms with Crippen LogP contribution < -0.4 is 11.1 Å². The normalized spacial score (nSPS) is 12.7. The lowest BCUT2D eigenvalue weighted by atomic mass is 10.2. The minimum absolute atomic E-state index is 0.0416. The molecule has 0 aliphatic carbocycles. The van der Waals surface area contributed by atoms with E-state index in [0.717, 1.165) is 12.4 Å². The van der Waals surface area contributed by atoms with Crippen LogP contribution in [0.15, 0.2) is 29.8 Å². The smallest absolute Gasteiger partial charge is 0.123 e. The Morgan fingerprint density at radius 3 is 3.07 bits per heavy atom.